The normalized spacial score (nSPS) is 18.4. The van der Waals surface area contributed by atoms with Crippen LogP contribution in [-0.2, 0) is 9.53 Å². The van der Waals surface area contributed by atoms with E-state index in [2.05, 4.69) is 5.32 Å². The summed E-state index contributed by atoms with van der Waals surface area (Å²) in [5.74, 6) is 0.863. The fourth-order valence-electron chi connectivity index (χ4n) is 3.54. The van der Waals surface area contributed by atoms with E-state index >= 15 is 0 Å². The molecule has 0 spiro atoms. The maximum absolute atomic E-state index is 12.7. The van der Waals surface area contributed by atoms with Crippen LogP contribution < -0.4 is 19.7 Å². The van der Waals surface area contributed by atoms with E-state index in [0.717, 1.165) is 11.3 Å². The number of benzene rings is 2. The van der Waals surface area contributed by atoms with Gasteiger partial charge in [0.05, 0.1) is 24.4 Å². The molecule has 0 amide bonds. The topological polar surface area (TPSA) is 60.0 Å². The van der Waals surface area contributed by atoms with Gasteiger partial charge in [-0.1, -0.05) is 29.8 Å². The van der Waals surface area contributed by atoms with E-state index < -0.39 is 12.0 Å². The molecule has 0 aromatic heterocycles. The molecule has 2 aliphatic heterocycles. The summed E-state index contributed by atoms with van der Waals surface area (Å²) in [6.07, 6.45) is 0. The number of hydrogen-bond acceptors (Lipinski definition) is 5. The van der Waals surface area contributed by atoms with Crippen molar-refractivity contribution in [2.45, 2.75) is 13.0 Å². The molecule has 0 saturated carbocycles. The van der Waals surface area contributed by atoms with Crippen LogP contribution in [0.2, 0.25) is 5.02 Å². The number of carbonyl (C=O) groups is 1. The fourth-order valence-corrected chi connectivity index (χ4v) is 4.15. The Hall–Kier alpha value is -2.77. The molecule has 0 bridgehead atoms. The molecule has 2 aromatic carbocycles. The number of ether oxygens (including phenoxy) is 3. The summed E-state index contributed by atoms with van der Waals surface area (Å²) in [6.45, 7) is 2.83. The summed E-state index contributed by atoms with van der Waals surface area (Å²) in [5, 5.41) is 4.22. The minimum Gasteiger partial charge on any atom is -0.486 e. The van der Waals surface area contributed by atoms with Crippen LogP contribution in [0.25, 0.3) is 0 Å². The summed E-state index contributed by atoms with van der Waals surface area (Å²) in [4.78, 5) is 14.5. The van der Waals surface area contributed by atoms with Gasteiger partial charge in [0.1, 0.15) is 13.2 Å². The number of methoxy groups -OCH3 is 1. The Balaban J connectivity index is 1.82. The molecule has 29 heavy (non-hydrogen) atoms. The van der Waals surface area contributed by atoms with Gasteiger partial charge in [0, 0.05) is 16.8 Å². The van der Waals surface area contributed by atoms with Gasteiger partial charge >= 0.3 is 5.97 Å². The SMILES string of the molecule is COC(=O)C1=C(C)N(c2ccc3c(c2)OCCO3)C(=S)N[C@H]1c1ccccc1Cl. The number of fused-ring (bicyclic) bond motifs is 1. The second kappa shape index (κ2) is 7.93. The fraction of sp³-hybridized carbons (Fsp3) is 0.238. The molecule has 0 fully saturated rings. The standard InChI is InChI=1S/C21H19ClN2O4S/c1-12-18(20(25)26-2)19(14-5-3-4-6-15(14)22)23-21(29)24(12)13-7-8-16-17(11-13)28-10-9-27-16/h3-8,11,19H,9-10H2,1-2H3,(H,23,29)/t19-/m0/s1. The second-order valence-electron chi connectivity index (χ2n) is 6.56. The first-order valence-electron chi connectivity index (χ1n) is 9.05. The van der Waals surface area contributed by atoms with Crippen LogP contribution in [0.4, 0.5) is 5.69 Å². The van der Waals surface area contributed by atoms with E-state index in [1.807, 2.05) is 43.3 Å². The van der Waals surface area contributed by atoms with E-state index in [1.165, 1.54) is 7.11 Å². The number of nitrogens with one attached hydrogen (secondary N) is 1. The molecule has 0 radical (unpaired) electrons. The highest BCUT2D eigenvalue weighted by molar-refractivity contribution is 7.80. The molecule has 1 N–H and O–H groups in total. The molecular formula is C21H19ClN2O4S. The molecule has 6 nitrogen and oxygen atoms in total. The highest BCUT2D eigenvalue weighted by Crippen LogP contribution is 2.39. The first-order valence-corrected chi connectivity index (χ1v) is 9.83. The molecule has 8 heteroatoms. The quantitative estimate of drug-likeness (QED) is 0.583. The van der Waals surface area contributed by atoms with Crippen LogP contribution >= 0.6 is 23.8 Å². The number of hydrogen-bond donors (Lipinski definition) is 1. The summed E-state index contributed by atoms with van der Waals surface area (Å²) in [5.41, 5.74) is 2.59. The third-order valence-electron chi connectivity index (χ3n) is 4.89. The van der Waals surface area contributed by atoms with Gasteiger partial charge in [-0.05, 0) is 42.9 Å². The highest BCUT2D eigenvalue weighted by atomic mass is 35.5. The van der Waals surface area contributed by atoms with Gasteiger partial charge in [-0.3, -0.25) is 4.90 Å². The summed E-state index contributed by atoms with van der Waals surface area (Å²) < 4.78 is 16.3. The molecule has 0 saturated heterocycles. The maximum atomic E-state index is 12.7. The Kier molecular flexibility index (Phi) is 5.34. The Labute approximate surface area is 179 Å². The third kappa shape index (κ3) is 3.52. The Morgan fingerprint density at radius 3 is 2.66 bits per heavy atom. The van der Waals surface area contributed by atoms with Crippen molar-refractivity contribution in [2.75, 3.05) is 25.2 Å². The van der Waals surface area contributed by atoms with Crippen LogP contribution in [0.15, 0.2) is 53.7 Å². The molecule has 2 aliphatic rings. The van der Waals surface area contributed by atoms with Crippen molar-refractivity contribution >= 4 is 40.6 Å². The van der Waals surface area contributed by atoms with Crippen molar-refractivity contribution in [1.82, 2.24) is 5.32 Å². The summed E-state index contributed by atoms with van der Waals surface area (Å²) in [7, 11) is 1.35. The lowest BCUT2D eigenvalue weighted by molar-refractivity contribution is -0.136. The Bertz CT molecular complexity index is 1020. The van der Waals surface area contributed by atoms with Gasteiger partial charge in [0.2, 0.25) is 0 Å². The number of thiocarbonyl (C=S) groups is 1. The first kappa shape index (κ1) is 19.5. The number of carbonyl (C=O) groups excluding carboxylic acids is 1. The number of nitrogens with zero attached hydrogens (tertiary/aromatic N) is 1. The lowest BCUT2D eigenvalue weighted by Crippen LogP contribution is -2.48. The van der Waals surface area contributed by atoms with Crippen LogP contribution in [0.5, 0.6) is 11.5 Å². The predicted molar refractivity (Wildman–Crippen MR) is 115 cm³/mol. The van der Waals surface area contributed by atoms with Crippen molar-refractivity contribution in [3.63, 3.8) is 0 Å². The molecule has 4 rings (SSSR count). The number of allylic oxidation sites excluding steroid dienone is 1. The summed E-state index contributed by atoms with van der Waals surface area (Å²) >= 11 is 12.0. The molecule has 150 valence electrons. The maximum Gasteiger partial charge on any atom is 0.337 e. The van der Waals surface area contributed by atoms with Crippen LogP contribution in [-0.4, -0.2) is 31.4 Å². The van der Waals surface area contributed by atoms with Crippen LogP contribution in [0.3, 0.4) is 0 Å². The van der Waals surface area contributed by atoms with E-state index in [4.69, 9.17) is 38.0 Å². The number of anilines is 1. The lowest BCUT2D eigenvalue weighted by Gasteiger charge is -2.38. The zero-order valence-corrected chi connectivity index (χ0v) is 17.5. The monoisotopic (exact) mass is 430 g/mol. The van der Waals surface area contributed by atoms with E-state index in [-0.39, 0.29) is 0 Å². The average Bonchev–Trinajstić information content (AvgIpc) is 2.73. The van der Waals surface area contributed by atoms with Crippen molar-refractivity contribution in [2.24, 2.45) is 0 Å². The number of esters is 1. The molecule has 2 heterocycles. The zero-order chi connectivity index (χ0) is 20.5. The van der Waals surface area contributed by atoms with E-state index in [9.17, 15) is 4.79 Å². The van der Waals surface area contributed by atoms with Crippen molar-refractivity contribution in [1.29, 1.82) is 0 Å². The van der Waals surface area contributed by atoms with Gasteiger partial charge < -0.3 is 19.5 Å². The number of halogens is 1. The third-order valence-corrected chi connectivity index (χ3v) is 5.53. The van der Waals surface area contributed by atoms with Gasteiger partial charge in [-0.2, -0.15) is 0 Å². The van der Waals surface area contributed by atoms with Gasteiger partial charge in [0.15, 0.2) is 16.6 Å². The minimum absolute atomic E-state index is 0.434. The lowest BCUT2D eigenvalue weighted by atomic mass is 9.94. The molecule has 0 aliphatic carbocycles. The van der Waals surface area contributed by atoms with Crippen molar-refractivity contribution < 1.29 is 19.0 Å². The molecule has 1 atom stereocenters. The average molecular weight is 431 g/mol. The van der Waals surface area contributed by atoms with Gasteiger partial charge in [-0.25, -0.2) is 4.79 Å². The van der Waals surface area contributed by atoms with E-state index in [0.29, 0.717) is 46.1 Å². The molecule has 0 unspecified atom stereocenters. The Morgan fingerprint density at radius 2 is 1.93 bits per heavy atom. The number of rotatable bonds is 3. The van der Waals surface area contributed by atoms with E-state index in [1.54, 1.807) is 11.0 Å². The smallest absolute Gasteiger partial charge is 0.337 e. The zero-order valence-electron chi connectivity index (χ0n) is 15.9. The second-order valence-corrected chi connectivity index (χ2v) is 7.35. The Morgan fingerprint density at radius 1 is 1.21 bits per heavy atom. The molecular weight excluding hydrogens is 412 g/mol. The predicted octanol–water partition coefficient (Wildman–Crippen LogP) is 3.99. The first-order chi connectivity index (χ1) is 14.0. The van der Waals surface area contributed by atoms with Crippen LogP contribution in [0.1, 0.15) is 18.5 Å². The van der Waals surface area contributed by atoms with Gasteiger partial charge in [0.25, 0.3) is 0 Å². The van der Waals surface area contributed by atoms with Crippen LogP contribution in [0, 0.1) is 0 Å². The summed E-state index contributed by atoms with van der Waals surface area (Å²) in [6, 6.07) is 12.4. The largest absolute Gasteiger partial charge is 0.486 e. The van der Waals surface area contributed by atoms with Gasteiger partial charge in [-0.15, -0.1) is 0 Å². The van der Waals surface area contributed by atoms with Crippen molar-refractivity contribution in [3.8, 4) is 11.5 Å². The van der Waals surface area contributed by atoms with Crippen molar-refractivity contribution in [3.05, 3.63) is 64.3 Å². The minimum atomic E-state index is -0.517. The molecule has 2 aromatic rings. The highest BCUT2D eigenvalue weighted by Gasteiger charge is 2.36.